The molecule has 184 valence electrons. The highest BCUT2D eigenvalue weighted by atomic mass is 16.6. The Labute approximate surface area is 199 Å². The molecule has 0 aromatic carbocycles. The first kappa shape index (κ1) is 22.7. The maximum Gasteiger partial charge on any atom is 0.164 e. The topological polar surface area (TPSA) is 70.1 Å². The Morgan fingerprint density at radius 1 is 1.06 bits per heavy atom. The number of fused-ring (bicyclic) bond motifs is 4. The smallest absolute Gasteiger partial charge is 0.164 e. The lowest BCUT2D eigenvalue weighted by atomic mass is 9.43. The maximum absolute atomic E-state index is 13.3. The van der Waals surface area contributed by atoms with Crippen LogP contribution in [-0.2, 0) is 9.53 Å². The highest BCUT2D eigenvalue weighted by Gasteiger charge is 2.80. The van der Waals surface area contributed by atoms with Crippen molar-refractivity contribution in [2.45, 2.75) is 97.6 Å². The first-order valence-corrected chi connectivity index (χ1v) is 13.7. The van der Waals surface area contributed by atoms with Crippen LogP contribution in [0, 0.1) is 64.1 Å². The number of carbonyl (C=O) groups excluding carboxylic acids is 1. The van der Waals surface area contributed by atoms with E-state index in [1.54, 1.807) is 6.08 Å². The summed E-state index contributed by atoms with van der Waals surface area (Å²) in [6, 6.07) is 0. The zero-order valence-electron chi connectivity index (χ0n) is 21.3. The van der Waals surface area contributed by atoms with Crippen LogP contribution in [0.4, 0.5) is 0 Å². The summed E-state index contributed by atoms with van der Waals surface area (Å²) >= 11 is 0. The molecule has 14 atom stereocenters. The van der Waals surface area contributed by atoms with Gasteiger partial charge in [0.05, 0.1) is 17.6 Å². The van der Waals surface area contributed by atoms with Crippen molar-refractivity contribution in [2.24, 2.45) is 64.1 Å². The lowest BCUT2D eigenvalue weighted by molar-refractivity contribution is -0.198. The number of aliphatic hydroxyl groups is 2. The van der Waals surface area contributed by atoms with Gasteiger partial charge in [-0.2, -0.15) is 0 Å². The van der Waals surface area contributed by atoms with Gasteiger partial charge in [-0.05, 0) is 104 Å². The number of carbonyl (C=O) groups is 1. The minimum Gasteiger partial charge on any atom is -0.393 e. The summed E-state index contributed by atoms with van der Waals surface area (Å²) in [5.41, 5.74) is -1.55. The maximum atomic E-state index is 13.3. The molecule has 1 heterocycles. The van der Waals surface area contributed by atoms with Gasteiger partial charge in [-0.1, -0.05) is 34.6 Å². The molecule has 0 aromatic heterocycles. The van der Waals surface area contributed by atoms with E-state index in [9.17, 15) is 15.0 Å². The van der Waals surface area contributed by atoms with Crippen LogP contribution >= 0.6 is 0 Å². The van der Waals surface area contributed by atoms with Crippen LogP contribution in [0.25, 0.3) is 0 Å². The van der Waals surface area contributed by atoms with E-state index in [4.69, 9.17) is 4.74 Å². The van der Waals surface area contributed by atoms with Gasteiger partial charge in [-0.15, -0.1) is 0 Å². The summed E-state index contributed by atoms with van der Waals surface area (Å²) < 4.78 is 6.07. The quantitative estimate of drug-likeness (QED) is 0.605. The number of ether oxygens (including phenoxy) is 1. The minimum absolute atomic E-state index is 0.0408. The second kappa shape index (κ2) is 6.95. The van der Waals surface area contributed by atoms with Crippen molar-refractivity contribution in [1.29, 1.82) is 0 Å². The summed E-state index contributed by atoms with van der Waals surface area (Å²) in [4.78, 5) is 13.3. The van der Waals surface area contributed by atoms with E-state index >= 15 is 0 Å². The van der Waals surface area contributed by atoms with Gasteiger partial charge in [-0.3, -0.25) is 4.79 Å². The van der Waals surface area contributed by atoms with E-state index in [2.05, 4.69) is 34.6 Å². The lowest BCUT2D eigenvalue weighted by Gasteiger charge is -2.61. The fraction of sp³-hybridized carbons (Fsp3) is 0.897. The number of rotatable bonds is 4. The van der Waals surface area contributed by atoms with Crippen LogP contribution in [-0.4, -0.2) is 39.9 Å². The number of epoxide rings is 1. The molecule has 1 aliphatic heterocycles. The summed E-state index contributed by atoms with van der Waals surface area (Å²) in [7, 11) is 0. The third kappa shape index (κ3) is 2.67. The van der Waals surface area contributed by atoms with E-state index in [0.29, 0.717) is 24.2 Å². The van der Waals surface area contributed by atoms with Gasteiger partial charge in [0.2, 0.25) is 0 Å². The molecule has 4 saturated carbocycles. The molecule has 4 heteroatoms. The van der Waals surface area contributed by atoms with Crippen LogP contribution in [0.15, 0.2) is 12.2 Å². The van der Waals surface area contributed by atoms with Crippen molar-refractivity contribution >= 4 is 5.78 Å². The third-order valence-corrected chi connectivity index (χ3v) is 12.5. The largest absolute Gasteiger partial charge is 0.393 e. The molecule has 2 N–H and O–H groups in total. The lowest BCUT2D eigenvalue weighted by Crippen LogP contribution is -2.68. The average Bonchev–Trinajstić information content (AvgIpc) is 3.64. The van der Waals surface area contributed by atoms with E-state index < -0.39 is 23.2 Å². The summed E-state index contributed by atoms with van der Waals surface area (Å²) in [5, 5.41) is 23.1. The van der Waals surface area contributed by atoms with Crippen molar-refractivity contribution in [3.63, 3.8) is 0 Å². The number of allylic oxidation sites excluding steroid dienone is 1. The Bertz CT molecular complexity index is 881. The predicted molar refractivity (Wildman–Crippen MR) is 127 cm³/mol. The molecule has 6 rings (SSSR count). The molecular weight excluding hydrogens is 412 g/mol. The average molecular weight is 457 g/mol. The first-order chi connectivity index (χ1) is 15.5. The molecule has 33 heavy (non-hydrogen) atoms. The van der Waals surface area contributed by atoms with E-state index in [1.165, 1.54) is 19.3 Å². The van der Waals surface area contributed by atoms with Crippen molar-refractivity contribution in [3.8, 4) is 0 Å². The molecule has 1 saturated heterocycles. The van der Waals surface area contributed by atoms with E-state index in [1.807, 2.05) is 13.0 Å². The number of hydrogen-bond acceptors (Lipinski definition) is 4. The molecule has 0 aromatic rings. The van der Waals surface area contributed by atoms with Crippen molar-refractivity contribution in [3.05, 3.63) is 12.2 Å². The molecule has 5 aliphatic carbocycles. The number of hydrogen-bond donors (Lipinski definition) is 2. The van der Waals surface area contributed by atoms with Gasteiger partial charge in [0, 0.05) is 5.92 Å². The molecule has 5 fully saturated rings. The first-order valence-electron chi connectivity index (χ1n) is 13.7. The minimum atomic E-state index is -0.826. The van der Waals surface area contributed by atoms with Crippen LogP contribution in [0.3, 0.4) is 0 Å². The third-order valence-electron chi connectivity index (χ3n) is 12.5. The Hall–Kier alpha value is -0.710. The molecule has 0 unspecified atom stereocenters. The predicted octanol–water partition coefficient (Wildman–Crippen LogP) is 4.63. The van der Waals surface area contributed by atoms with Crippen molar-refractivity contribution in [1.82, 2.24) is 0 Å². The van der Waals surface area contributed by atoms with Gasteiger partial charge < -0.3 is 14.9 Å². The Morgan fingerprint density at radius 3 is 2.48 bits per heavy atom. The highest BCUT2D eigenvalue weighted by molar-refractivity contribution is 5.98. The zero-order valence-corrected chi connectivity index (χ0v) is 21.3. The van der Waals surface area contributed by atoms with Gasteiger partial charge in [-0.25, -0.2) is 0 Å². The summed E-state index contributed by atoms with van der Waals surface area (Å²) in [6.07, 6.45) is 7.37. The normalized spacial score (nSPS) is 58.2. The number of ketones is 1. The van der Waals surface area contributed by atoms with Gasteiger partial charge in [0.25, 0.3) is 0 Å². The molecule has 0 bridgehead atoms. The van der Waals surface area contributed by atoms with Crippen molar-refractivity contribution in [2.75, 3.05) is 0 Å². The molecule has 1 spiro atoms. The summed E-state index contributed by atoms with van der Waals surface area (Å²) in [5.74, 6) is 5.08. The fourth-order valence-electron chi connectivity index (χ4n) is 10.4. The van der Waals surface area contributed by atoms with E-state index in [-0.39, 0.29) is 29.1 Å². The second-order valence-corrected chi connectivity index (χ2v) is 13.8. The van der Waals surface area contributed by atoms with E-state index in [0.717, 1.165) is 30.1 Å². The van der Waals surface area contributed by atoms with Gasteiger partial charge in [0.15, 0.2) is 5.78 Å². The van der Waals surface area contributed by atoms with Crippen LogP contribution < -0.4 is 0 Å². The Kier molecular flexibility index (Phi) is 4.79. The van der Waals surface area contributed by atoms with Crippen LogP contribution in [0.5, 0.6) is 0 Å². The monoisotopic (exact) mass is 456 g/mol. The highest BCUT2D eigenvalue weighted by Crippen LogP contribution is 2.72. The SMILES string of the molecule is CC(C)[C@@H](C)[C@H]1C[C@@H]1[C@@H](C)[C@H]1CC[C@H]2[C@@H]3C[C@@H](O)[C@]45O[C@H]4C=CC(=O)[C@]5(C)[C@H]3[C@H](O)C[C@]12C. The van der Waals surface area contributed by atoms with Gasteiger partial charge in [0.1, 0.15) is 11.7 Å². The molecule has 6 aliphatic rings. The zero-order chi connectivity index (χ0) is 23.7. The molecule has 0 radical (unpaired) electrons. The standard InChI is InChI=1S/C29H44O4/c1-14(2)15(3)17-11-18(17)16(4)20-7-8-21-19-12-24(32)29-25(33-29)10-9-23(31)28(29,6)26(19)22(30)13-27(20,21)5/h9-10,14-22,24-26,30,32H,7-8,11-13H2,1-6H3/t15-,16-,17-,18-,19+,20-,21+,22-,24-,25+,26-,27-,28-,29+/m1/s1. The number of aliphatic hydroxyl groups excluding tert-OH is 2. The van der Waals surface area contributed by atoms with Crippen molar-refractivity contribution < 1.29 is 19.7 Å². The molecular formula is C29H44O4. The molecule has 4 nitrogen and oxygen atoms in total. The fourth-order valence-corrected chi connectivity index (χ4v) is 10.4. The summed E-state index contributed by atoms with van der Waals surface area (Å²) in [6.45, 7) is 14.0. The second-order valence-electron chi connectivity index (χ2n) is 13.8. The Morgan fingerprint density at radius 2 is 1.79 bits per heavy atom. The van der Waals surface area contributed by atoms with Crippen LogP contribution in [0.1, 0.15) is 73.6 Å². The Balaban J connectivity index is 1.29. The molecule has 0 amide bonds. The van der Waals surface area contributed by atoms with Crippen LogP contribution in [0.2, 0.25) is 0 Å². The van der Waals surface area contributed by atoms with Gasteiger partial charge >= 0.3 is 0 Å².